The van der Waals surface area contributed by atoms with Gasteiger partial charge in [-0.05, 0) is 6.07 Å². The van der Waals surface area contributed by atoms with Crippen LogP contribution in [0.1, 0.15) is 31.1 Å². The standard InChI is InChI=1S/C49H63N23O35P6/c50-21-1-2-68(49(78)67-21)44-29(76)31(103-109(82,83)84)19(101-44)6-96-110(85,86)104-32-20(102-45(30(32)77)69-12-63-22-36(51)55-8-59-40(22)69)7-97-113(91,92)107-35-28(75)18(100-48(35)72-15-66-25-39(54)58-11-62-43(25)72)5-95-112(89,90)106-34-27(74)17(99-47(34)71-14-65-24-38(53)57-10-61-42(24)71)4-94-111(87,88)105-33-26(73)16(3-93-108(79,80)81)98-46(33)70-13-64-23-37(52)56-9-60-41(23)70/h1-2,8-20,26-35,44-48,73-77H,3-7H2,(H,85,86)(H,87,88)(H,89,90)(H,91,92)(H2,50,67,78)(H2,51,55,59)(H2,52,56,60)(H2,53,57,61)(H2,54,58,62)(H2,79,80,81)(H2,82,83,84)/t16-,17-,18-,19-,20-,26-,27-,28-,29-,30-,31-,32-,33-,34-,35-,44-,45-,46-,47-,48-/m1/s1/i110+1. The molecule has 24 atom stereocenters. The Morgan fingerprint density at radius 1 is 0.345 bits per heavy atom. The first kappa shape index (κ1) is 81.9. The van der Waals surface area contributed by atoms with Gasteiger partial charge in [-0.2, -0.15) is 4.98 Å². The lowest BCUT2D eigenvalue weighted by atomic mass is 10.1. The summed E-state index contributed by atoms with van der Waals surface area (Å²) < 4.78 is 167. The highest BCUT2D eigenvalue weighted by molar-refractivity contribution is 7.48. The zero-order valence-electron chi connectivity index (χ0n) is 56.3. The highest BCUT2D eigenvalue weighted by atomic mass is 32.2. The number of imidazole rings is 4. The quantitative estimate of drug-likeness (QED) is 0.0187. The average molecular weight is 1720 g/mol. The SMILES string of the molecule is Nc1ccn([C@@H]2O[C@H](CO[32P](=O)(O)O[C@H]3[C@@H](O)[C@H](n4cnc5c(N)ncnc54)O[C@@H]3COP(=O)(O)O[C@@H]3[C@H](O)[C@@H](COP(=O)(O)O[C@@H]4[C@H](O)[C@@H](COP(=O)(O)O[C@@H]5[C@H](O)[C@@H](COP(=O)(O)O)O[C@H]5n5cnc6c(N)ncnc65)O[C@H]4n4cnc5c(N)ncnc54)O[C@H]3n3cnc4c(N)ncnc43)[C@@H](OP(=O)(O)O)[C@H]2O)c(=O)n1. The molecule has 9 aromatic heterocycles. The predicted molar refractivity (Wildman–Crippen MR) is 359 cm³/mol. The van der Waals surface area contributed by atoms with Crippen LogP contribution in [-0.2, 0) is 96.3 Å². The fourth-order valence-corrected chi connectivity index (χ4v) is 17.3. The van der Waals surface area contributed by atoms with Crippen LogP contribution in [0.2, 0.25) is 0 Å². The van der Waals surface area contributed by atoms with Crippen LogP contribution in [0.15, 0.2) is 67.7 Å². The summed E-state index contributed by atoms with van der Waals surface area (Å²) in [6.07, 6.45) is -31.4. The number of nitrogen functional groups attached to an aromatic ring is 5. The molecule has 5 aliphatic rings. The number of hydrogen-bond donors (Lipinski definition) is 18. The summed E-state index contributed by atoms with van der Waals surface area (Å²) in [5.74, 6) is -1.03. The van der Waals surface area contributed by atoms with Crippen molar-refractivity contribution in [1.82, 2.24) is 87.6 Å². The molecule has 0 aliphatic carbocycles. The fraction of sp³-hybridized carbons (Fsp3) is 0.510. The van der Waals surface area contributed by atoms with Crippen molar-refractivity contribution in [3.05, 3.63) is 73.4 Å². The van der Waals surface area contributed by atoms with Crippen molar-refractivity contribution in [2.45, 2.75) is 123 Å². The van der Waals surface area contributed by atoms with Gasteiger partial charge in [-0.15, -0.1) is 0 Å². The second-order valence-corrected chi connectivity index (χ2v) is 32.9. The van der Waals surface area contributed by atoms with Crippen LogP contribution in [0.25, 0.3) is 44.7 Å². The smallest absolute Gasteiger partial charge is 0.387 e. The second-order valence-electron chi connectivity index (χ2n) is 24.8. The Labute approximate surface area is 625 Å². The maximum absolute atomic E-state index is 14.5. The fourth-order valence-electron chi connectivity index (χ4n) is 12.6. The summed E-state index contributed by atoms with van der Waals surface area (Å²) in [6, 6.07) is 1.09. The molecule has 14 rings (SSSR count). The van der Waals surface area contributed by atoms with Gasteiger partial charge in [0.15, 0.2) is 77.0 Å². The molecule has 0 radical (unpaired) electrons. The number of nitrogens with zero attached hydrogens (tertiary/aromatic N) is 18. The Bertz CT molecular complexity index is 5410. The molecule has 113 heavy (non-hydrogen) atoms. The Morgan fingerprint density at radius 2 is 0.628 bits per heavy atom. The number of ether oxygens (including phenoxy) is 5. The molecule has 5 aliphatic heterocycles. The molecule has 23 N–H and O–H groups in total. The minimum atomic E-state index is -5.85. The third kappa shape index (κ3) is 17.2. The summed E-state index contributed by atoms with van der Waals surface area (Å²) in [5, 5.41) is 58.5. The zero-order chi connectivity index (χ0) is 80.9. The van der Waals surface area contributed by atoms with Crippen molar-refractivity contribution >= 4 is 121 Å². The summed E-state index contributed by atoms with van der Waals surface area (Å²) in [7, 11) is -33.8. The van der Waals surface area contributed by atoms with E-state index in [9.17, 15) is 96.9 Å². The maximum atomic E-state index is 14.5. The number of hydrogen-bond acceptors (Lipinski definition) is 45. The lowest BCUT2D eigenvalue weighted by Crippen LogP contribution is -2.38. The van der Waals surface area contributed by atoms with Crippen molar-refractivity contribution in [2.75, 3.05) is 61.7 Å². The molecule has 64 heteroatoms. The lowest BCUT2D eigenvalue weighted by molar-refractivity contribution is -0.0664. The molecule has 5 saturated heterocycles. The summed E-state index contributed by atoms with van der Waals surface area (Å²) in [5.41, 5.74) is 27.6. The maximum Gasteiger partial charge on any atom is 0.472 e. The highest BCUT2D eigenvalue weighted by Crippen LogP contribution is 2.57. The molecule has 614 valence electrons. The van der Waals surface area contributed by atoms with Gasteiger partial charge < -0.3 is 117 Å². The van der Waals surface area contributed by atoms with Gasteiger partial charge in [0.25, 0.3) is 0 Å². The second kappa shape index (κ2) is 31.4. The normalized spacial score (nSPS) is 31.2. The summed E-state index contributed by atoms with van der Waals surface area (Å²) in [4.78, 5) is 149. The highest BCUT2D eigenvalue weighted by Gasteiger charge is 2.57. The monoisotopic (exact) mass is 1720 g/mol. The van der Waals surface area contributed by atoms with E-state index in [1.165, 1.54) is 0 Å². The zero-order valence-corrected chi connectivity index (χ0v) is 61.6. The molecule has 0 spiro atoms. The van der Waals surface area contributed by atoms with Crippen LogP contribution in [0, 0.1) is 0 Å². The summed E-state index contributed by atoms with van der Waals surface area (Å²) >= 11 is 0. The molecule has 0 saturated carbocycles. The molecular formula is C49H63N23O35P6. The van der Waals surface area contributed by atoms with Gasteiger partial charge in [0.05, 0.1) is 58.3 Å². The van der Waals surface area contributed by atoms with Crippen molar-refractivity contribution < 1.29 is 161 Å². The Balaban J connectivity index is 0.685. The molecule has 4 unspecified atom stereocenters. The number of aliphatic hydroxyl groups is 5. The minimum Gasteiger partial charge on any atom is -0.387 e. The number of aliphatic hydroxyl groups excluding tert-OH is 5. The van der Waals surface area contributed by atoms with Crippen molar-refractivity contribution in [2.24, 2.45) is 0 Å². The molecule has 14 heterocycles. The molecule has 0 bridgehead atoms. The molecule has 0 amide bonds. The van der Waals surface area contributed by atoms with E-state index >= 15 is 0 Å². The van der Waals surface area contributed by atoms with Gasteiger partial charge in [0, 0.05) is 6.20 Å². The third-order valence-electron chi connectivity index (χ3n) is 17.6. The number of aromatic nitrogens is 18. The van der Waals surface area contributed by atoms with E-state index in [2.05, 4.69) is 69.3 Å². The molecule has 9 aromatic rings. The third-order valence-corrected chi connectivity index (χ3v) is 22.6. The number of phosphoric acid groups is 6. The van der Waals surface area contributed by atoms with E-state index in [-0.39, 0.29) is 73.7 Å². The molecule has 5 fully saturated rings. The van der Waals surface area contributed by atoms with E-state index in [4.69, 9.17) is 93.1 Å². The van der Waals surface area contributed by atoms with Crippen LogP contribution in [-0.4, -0.2) is 277 Å². The van der Waals surface area contributed by atoms with Crippen LogP contribution < -0.4 is 34.4 Å². The number of phosphoric ester groups is 6. The van der Waals surface area contributed by atoms with Crippen LogP contribution >= 0.6 is 46.9 Å². The van der Waals surface area contributed by atoms with Gasteiger partial charge in [-0.1, -0.05) is 0 Å². The van der Waals surface area contributed by atoms with Gasteiger partial charge >= 0.3 is 52.6 Å². The number of nitrogens with two attached hydrogens (primary N) is 5. The van der Waals surface area contributed by atoms with Crippen molar-refractivity contribution in [3.63, 3.8) is 0 Å². The van der Waals surface area contributed by atoms with E-state index in [1.54, 1.807) is 0 Å². The van der Waals surface area contributed by atoms with Crippen LogP contribution in [0.3, 0.4) is 0 Å². The number of rotatable bonds is 30. The van der Waals surface area contributed by atoms with Gasteiger partial charge in [0.1, 0.15) is 145 Å². The Hall–Kier alpha value is -7.66. The van der Waals surface area contributed by atoms with E-state index in [0.29, 0.717) is 4.57 Å². The van der Waals surface area contributed by atoms with Crippen LogP contribution in [0.4, 0.5) is 29.1 Å². The van der Waals surface area contributed by atoms with Crippen molar-refractivity contribution in [3.8, 4) is 0 Å². The predicted octanol–water partition coefficient (Wildman–Crippen LogP) is -5.60. The first-order chi connectivity index (χ1) is 53.2. The molecular weight excluding hydrogens is 1660 g/mol. The Morgan fingerprint density at radius 3 is 0.947 bits per heavy atom. The topological polar surface area (TPSA) is 843 Å². The number of fused-ring (bicyclic) bond motifs is 4. The van der Waals surface area contributed by atoms with Gasteiger partial charge in [-0.3, -0.25) is 68.1 Å². The largest absolute Gasteiger partial charge is 0.472 e. The Kier molecular flexibility index (Phi) is 22.8. The lowest BCUT2D eigenvalue weighted by Gasteiger charge is -2.26. The van der Waals surface area contributed by atoms with E-state index < -0.39 is 208 Å². The number of anilines is 5. The van der Waals surface area contributed by atoms with Crippen molar-refractivity contribution in [1.29, 1.82) is 0 Å². The first-order valence-corrected chi connectivity index (χ1v) is 41.1. The average Bonchev–Trinajstić information content (AvgIpc) is 1.65. The van der Waals surface area contributed by atoms with E-state index in [0.717, 1.165) is 81.2 Å². The molecule has 0 aromatic carbocycles. The summed E-state index contributed by atoms with van der Waals surface area (Å²) in [6.45, 7) is -6.06. The first-order valence-electron chi connectivity index (χ1n) is 32.0. The minimum absolute atomic E-state index is 0.0232. The van der Waals surface area contributed by atoms with Crippen LogP contribution in [0.5, 0.6) is 0 Å². The van der Waals surface area contributed by atoms with E-state index in [1.807, 2.05) is 0 Å². The molecule has 58 nitrogen and oxygen atoms in total. The van der Waals surface area contributed by atoms with Gasteiger partial charge in [0.2, 0.25) is 0 Å². The van der Waals surface area contributed by atoms with Gasteiger partial charge in [-0.25, -0.2) is 92.0 Å².